The van der Waals surface area contributed by atoms with Gasteiger partial charge in [-0.25, -0.2) is 0 Å². The molecule has 1 rings (SSSR count). The molecule has 13 heavy (non-hydrogen) atoms. The molecule has 1 saturated heterocycles. The standard InChI is InChI=1S/C9H18N2OS/c1-7(12)6-11-5-3-2-4-8(11)9(10)13/h7-8,12H,2-6H2,1H3,(H2,10,13). The number of rotatable bonds is 3. The molecule has 3 N–H and O–H groups in total. The third-order valence-electron chi connectivity index (χ3n) is 2.44. The maximum atomic E-state index is 9.28. The van der Waals surface area contributed by atoms with Crippen molar-refractivity contribution in [2.75, 3.05) is 13.1 Å². The minimum absolute atomic E-state index is 0.207. The van der Waals surface area contributed by atoms with E-state index in [0.29, 0.717) is 11.5 Å². The van der Waals surface area contributed by atoms with Crippen LogP contribution < -0.4 is 5.73 Å². The van der Waals surface area contributed by atoms with Gasteiger partial charge in [0.15, 0.2) is 0 Å². The van der Waals surface area contributed by atoms with Crippen LogP contribution in [-0.2, 0) is 0 Å². The summed E-state index contributed by atoms with van der Waals surface area (Å²) in [5.74, 6) is 0. The Kier molecular flexibility index (Phi) is 4.09. The van der Waals surface area contributed by atoms with Crippen molar-refractivity contribution in [3.8, 4) is 0 Å². The molecule has 1 aliphatic heterocycles. The number of thiocarbonyl (C=S) groups is 1. The molecule has 0 saturated carbocycles. The van der Waals surface area contributed by atoms with Crippen LogP contribution in [0.15, 0.2) is 0 Å². The molecule has 0 aromatic carbocycles. The highest BCUT2D eigenvalue weighted by Crippen LogP contribution is 2.17. The number of β-amino-alcohol motifs (C(OH)–C–C–N with tert-alkyl or cyclic N) is 1. The van der Waals surface area contributed by atoms with Gasteiger partial charge in [0.25, 0.3) is 0 Å². The summed E-state index contributed by atoms with van der Waals surface area (Å²) in [5, 5.41) is 9.28. The maximum Gasteiger partial charge on any atom is 0.0902 e. The fourth-order valence-corrected chi connectivity index (χ4v) is 2.14. The number of hydrogen-bond acceptors (Lipinski definition) is 3. The van der Waals surface area contributed by atoms with Gasteiger partial charge in [-0.3, -0.25) is 4.90 Å². The molecule has 0 spiro atoms. The molecule has 2 atom stereocenters. The SMILES string of the molecule is CC(O)CN1CCCCC1C(N)=S. The van der Waals surface area contributed by atoms with Gasteiger partial charge in [0.1, 0.15) is 0 Å². The number of hydrogen-bond donors (Lipinski definition) is 2. The number of nitrogens with two attached hydrogens (primary N) is 1. The monoisotopic (exact) mass is 202 g/mol. The summed E-state index contributed by atoms with van der Waals surface area (Å²) in [7, 11) is 0. The van der Waals surface area contributed by atoms with Crippen molar-refractivity contribution >= 4 is 17.2 Å². The van der Waals surface area contributed by atoms with Gasteiger partial charge in [0, 0.05) is 6.54 Å². The molecule has 0 aromatic rings. The molecule has 4 heteroatoms. The van der Waals surface area contributed by atoms with Gasteiger partial charge in [-0.15, -0.1) is 0 Å². The minimum atomic E-state index is -0.296. The van der Waals surface area contributed by atoms with Crippen LogP contribution in [0.25, 0.3) is 0 Å². The van der Waals surface area contributed by atoms with E-state index in [9.17, 15) is 5.11 Å². The van der Waals surface area contributed by atoms with Crippen LogP contribution >= 0.6 is 12.2 Å². The van der Waals surface area contributed by atoms with Crippen molar-refractivity contribution in [1.82, 2.24) is 4.90 Å². The second kappa shape index (κ2) is 4.88. The molecular formula is C9H18N2OS. The summed E-state index contributed by atoms with van der Waals surface area (Å²) in [6.45, 7) is 3.49. The highest BCUT2D eigenvalue weighted by molar-refractivity contribution is 7.80. The summed E-state index contributed by atoms with van der Waals surface area (Å²) in [5.41, 5.74) is 5.64. The van der Waals surface area contributed by atoms with E-state index >= 15 is 0 Å². The third-order valence-corrected chi connectivity index (χ3v) is 2.71. The zero-order valence-electron chi connectivity index (χ0n) is 8.07. The molecule has 2 unspecified atom stereocenters. The molecule has 3 nitrogen and oxygen atoms in total. The summed E-state index contributed by atoms with van der Waals surface area (Å²) in [4.78, 5) is 2.76. The molecule has 1 fully saturated rings. The van der Waals surface area contributed by atoms with Gasteiger partial charge < -0.3 is 10.8 Å². The fraction of sp³-hybridized carbons (Fsp3) is 0.889. The lowest BCUT2D eigenvalue weighted by molar-refractivity contribution is 0.0986. The molecule has 0 bridgehead atoms. The van der Waals surface area contributed by atoms with Gasteiger partial charge in [-0.2, -0.15) is 0 Å². The van der Waals surface area contributed by atoms with Gasteiger partial charge in [0.2, 0.25) is 0 Å². The lowest BCUT2D eigenvalue weighted by atomic mass is 10.0. The van der Waals surface area contributed by atoms with Crippen molar-refractivity contribution in [1.29, 1.82) is 0 Å². The van der Waals surface area contributed by atoms with E-state index in [1.165, 1.54) is 12.8 Å². The van der Waals surface area contributed by atoms with E-state index in [1.807, 2.05) is 0 Å². The average Bonchev–Trinajstić information content (AvgIpc) is 2.03. The van der Waals surface area contributed by atoms with E-state index < -0.39 is 0 Å². The predicted octanol–water partition coefficient (Wildman–Crippen LogP) is 0.508. The maximum absolute atomic E-state index is 9.28. The lowest BCUT2D eigenvalue weighted by Crippen LogP contribution is -2.49. The van der Waals surface area contributed by atoms with Crippen molar-refractivity contribution in [2.45, 2.75) is 38.3 Å². The molecule has 1 aliphatic rings. The highest BCUT2D eigenvalue weighted by atomic mass is 32.1. The Hall–Kier alpha value is -0.190. The van der Waals surface area contributed by atoms with Crippen molar-refractivity contribution in [3.05, 3.63) is 0 Å². The van der Waals surface area contributed by atoms with Gasteiger partial charge in [0.05, 0.1) is 17.1 Å². The Morgan fingerprint density at radius 1 is 1.69 bits per heavy atom. The third kappa shape index (κ3) is 3.21. The number of aliphatic hydroxyl groups excluding tert-OH is 1. The van der Waals surface area contributed by atoms with Gasteiger partial charge in [-0.1, -0.05) is 18.6 Å². The Morgan fingerprint density at radius 3 is 2.92 bits per heavy atom. The van der Waals surface area contributed by atoms with Crippen LogP contribution in [0.3, 0.4) is 0 Å². The second-order valence-corrected chi connectivity index (χ2v) is 4.23. The van der Waals surface area contributed by atoms with E-state index in [0.717, 1.165) is 13.0 Å². The summed E-state index contributed by atoms with van der Waals surface area (Å²) < 4.78 is 0. The first kappa shape index (κ1) is 10.9. The topological polar surface area (TPSA) is 49.5 Å². The molecule has 0 aliphatic carbocycles. The Bertz CT molecular complexity index is 184. The quantitative estimate of drug-likeness (QED) is 0.655. The average molecular weight is 202 g/mol. The van der Waals surface area contributed by atoms with Crippen molar-refractivity contribution in [3.63, 3.8) is 0 Å². The van der Waals surface area contributed by atoms with Crippen LogP contribution in [0, 0.1) is 0 Å². The van der Waals surface area contributed by atoms with Crippen LogP contribution in [0.4, 0.5) is 0 Å². The highest BCUT2D eigenvalue weighted by Gasteiger charge is 2.24. The van der Waals surface area contributed by atoms with Crippen LogP contribution in [0.2, 0.25) is 0 Å². The first-order valence-electron chi connectivity index (χ1n) is 4.82. The van der Waals surface area contributed by atoms with E-state index in [1.54, 1.807) is 6.92 Å². The number of likely N-dealkylation sites (tertiary alicyclic amines) is 1. The second-order valence-electron chi connectivity index (χ2n) is 3.76. The van der Waals surface area contributed by atoms with E-state index in [-0.39, 0.29) is 12.1 Å². The normalized spacial score (nSPS) is 27.1. The van der Waals surface area contributed by atoms with Crippen LogP contribution in [0.5, 0.6) is 0 Å². The molecule has 0 amide bonds. The number of aliphatic hydroxyl groups is 1. The zero-order valence-corrected chi connectivity index (χ0v) is 8.89. The molecule has 0 aromatic heterocycles. The first-order chi connectivity index (χ1) is 6.11. The van der Waals surface area contributed by atoms with Gasteiger partial charge in [-0.05, 0) is 26.3 Å². The van der Waals surface area contributed by atoms with Gasteiger partial charge >= 0.3 is 0 Å². The summed E-state index contributed by atoms with van der Waals surface area (Å²) in [6, 6.07) is 0.207. The minimum Gasteiger partial charge on any atom is -0.392 e. The first-order valence-corrected chi connectivity index (χ1v) is 5.23. The van der Waals surface area contributed by atoms with E-state index in [4.69, 9.17) is 18.0 Å². The Labute approximate surface area is 84.9 Å². The Morgan fingerprint density at radius 2 is 2.38 bits per heavy atom. The molecular weight excluding hydrogens is 184 g/mol. The Balaban J connectivity index is 2.51. The van der Waals surface area contributed by atoms with E-state index in [2.05, 4.69) is 4.90 Å². The molecule has 0 radical (unpaired) electrons. The lowest BCUT2D eigenvalue weighted by Gasteiger charge is -2.35. The molecule has 76 valence electrons. The summed E-state index contributed by atoms with van der Waals surface area (Å²) in [6.07, 6.45) is 3.13. The fourth-order valence-electron chi connectivity index (χ4n) is 1.87. The van der Waals surface area contributed by atoms with Crippen molar-refractivity contribution in [2.24, 2.45) is 5.73 Å². The van der Waals surface area contributed by atoms with Crippen LogP contribution in [0.1, 0.15) is 26.2 Å². The smallest absolute Gasteiger partial charge is 0.0902 e. The summed E-state index contributed by atoms with van der Waals surface area (Å²) >= 11 is 5.00. The number of nitrogens with zero attached hydrogens (tertiary/aromatic N) is 1. The van der Waals surface area contributed by atoms with Crippen molar-refractivity contribution < 1.29 is 5.11 Å². The van der Waals surface area contributed by atoms with Crippen LogP contribution in [-0.4, -0.2) is 40.2 Å². The zero-order chi connectivity index (χ0) is 9.84. The predicted molar refractivity (Wildman–Crippen MR) is 57.7 cm³/mol. The number of piperidine rings is 1. The largest absolute Gasteiger partial charge is 0.392 e. The molecule has 1 heterocycles.